The van der Waals surface area contributed by atoms with Gasteiger partial charge in [0.25, 0.3) is 0 Å². The summed E-state index contributed by atoms with van der Waals surface area (Å²) in [6.45, 7) is 4.74. The first-order valence-corrected chi connectivity index (χ1v) is 7.67. The van der Waals surface area contributed by atoms with Gasteiger partial charge in [0.2, 0.25) is 0 Å². The SMILES string of the molecule is CCc1n[nH]c(CN2CCC[C@H]2COc2ccccc2)n1. The Hall–Kier alpha value is -1.88. The van der Waals surface area contributed by atoms with Crippen molar-refractivity contribution in [3.05, 3.63) is 42.0 Å². The normalized spacial score (nSPS) is 19.0. The Bertz CT molecular complexity index is 554. The molecule has 1 aliphatic rings. The Balaban J connectivity index is 1.55. The zero-order valence-electron chi connectivity index (χ0n) is 12.5. The Morgan fingerprint density at radius 2 is 2.19 bits per heavy atom. The van der Waals surface area contributed by atoms with E-state index in [-0.39, 0.29) is 0 Å². The molecule has 0 radical (unpaired) electrons. The van der Waals surface area contributed by atoms with Crippen molar-refractivity contribution in [1.82, 2.24) is 20.1 Å². The average Bonchev–Trinajstić information content (AvgIpc) is 3.16. The van der Waals surface area contributed by atoms with Crippen LogP contribution < -0.4 is 4.74 Å². The molecule has 1 aromatic carbocycles. The monoisotopic (exact) mass is 286 g/mol. The molecule has 0 bridgehead atoms. The van der Waals surface area contributed by atoms with Gasteiger partial charge in [0, 0.05) is 12.5 Å². The van der Waals surface area contributed by atoms with Crippen molar-refractivity contribution < 1.29 is 4.74 Å². The average molecular weight is 286 g/mol. The molecule has 1 aromatic heterocycles. The molecule has 1 aliphatic heterocycles. The first-order chi connectivity index (χ1) is 10.3. The van der Waals surface area contributed by atoms with Crippen LogP contribution in [0.1, 0.15) is 31.4 Å². The molecule has 0 saturated carbocycles. The second-order valence-corrected chi connectivity index (χ2v) is 5.44. The van der Waals surface area contributed by atoms with E-state index in [1.807, 2.05) is 30.3 Å². The van der Waals surface area contributed by atoms with Crippen LogP contribution in [0.25, 0.3) is 0 Å². The van der Waals surface area contributed by atoms with Crippen LogP contribution in [0, 0.1) is 0 Å². The zero-order chi connectivity index (χ0) is 14.5. The summed E-state index contributed by atoms with van der Waals surface area (Å²) in [5.74, 6) is 2.79. The second-order valence-electron chi connectivity index (χ2n) is 5.44. The van der Waals surface area contributed by atoms with E-state index in [1.165, 1.54) is 12.8 Å². The summed E-state index contributed by atoms with van der Waals surface area (Å²) in [6.07, 6.45) is 3.27. The minimum Gasteiger partial charge on any atom is -0.492 e. The molecule has 3 rings (SSSR count). The quantitative estimate of drug-likeness (QED) is 0.886. The van der Waals surface area contributed by atoms with E-state index in [2.05, 4.69) is 27.0 Å². The third-order valence-corrected chi connectivity index (χ3v) is 3.93. The molecule has 21 heavy (non-hydrogen) atoms. The van der Waals surface area contributed by atoms with Gasteiger partial charge in [-0.2, -0.15) is 5.10 Å². The van der Waals surface area contributed by atoms with Crippen molar-refractivity contribution >= 4 is 0 Å². The Morgan fingerprint density at radius 3 is 2.95 bits per heavy atom. The molecule has 1 saturated heterocycles. The lowest BCUT2D eigenvalue weighted by molar-refractivity contribution is 0.164. The van der Waals surface area contributed by atoms with Crippen LogP contribution in [0.2, 0.25) is 0 Å². The lowest BCUT2D eigenvalue weighted by Gasteiger charge is -2.23. The van der Waals surface area contributed by atoms with Crippen LogP contribution in [0.3, 0.4) is 0 Å². The van der Waals surface area contributed by atoms with E-state index in [0.29, 0.717) is 6.04 Å². The number of H-pyrrole nitrogens is 1. The fourth-order valence-electron chi connectivity index (χ4n) is 2.76. The molecule has 2 aromatic rings. The van der Waals surface area contributed by atoms with Crippen molar-refractivity contribution in [2.45, 2.75) is 38.8 Å². The van der Waals surface area contributed by atoms with Crippen LogP contribution in [-0.4, -0.2) is 39.3 Å². The van der Waals surface area contributed by atoms with Gasteiger partial charge in [0.1, 0.15) is 24.0 Å². The van der Waals surface area contributed by atoms with E-state index in [9.17, 15) is 0 Å². The van der Waals surface area contributed by atoms with Crippen LogP contribution in [-0.2, 0) is 13.0 Å². The highest BCUT2D eigenvalue weighted by molar-refractivity contribution is 5.21. The smallest absolute Gasteiger partial charge is 0.150 e. The fourth-order valence-corrected chi connectivity index (χ4v) is 2.76. The first-order valence-electron chi connectivity index (χ1n) is 7.67. The largest absolute Gasteiger partial charge is 0.492 e. The number of nitrogens with one attached hydrogen (secondary N) is 1. The number of rotatable bonds is 6. The summed E-state index contributed by atoms with van der Waals surface area (Å²) in [7, 11) is 0. The van der Waals surface area contributed by atoms with Crippen molar-refractivity contribution in [2.75, 3.05) is 13.2 Å². The number of aromatic nitrogens is 3. The fraction of sp³-hybridized carbons (Fsp3) is 0.500. The van der Waals surface area contributed by atoms with Crippen molar-refractivity contribution in [3.8, 4) is 5.75 Å². The van der Waals surface area contributed by atoms with Gasteiger partial charge in [-0.15, -0.1) is 0 Å². The second kappa shape index (κ2) is 6.72. The highest BCUT2D eigenvalue weighted by Crippen LogP contribution is 2.20. The molecule has 0 spiro atoms. The Kier molecular flexibility index (Phi) is 4.50. The molecule has 0 amide bonds. The van der Waals surface area contributed by atoms with E-state index >= 15 is 0 Å². The highest BCUT2D eigenvalue weighted by Gasteiger charge is 2.26. The minimum absolute atomic E-state index is 0.459. The summed E-state index contributed by atoms with van der Waals surface area (Å²) < 4.78 is 5.90. The number of benzene rings is 1. The summed E-state index contributed by atoms with van der Waals surface area (Å²) >= 11 is 0. The third-order valence-electron chi connectivity index (χ3n) is 3.93. The van der Waals surface area contributed by atoms with Crippen molar-refractivity contribution in [3.63, 3.8) is 0 Å². The summed E-state index contributed by atoms with van der Waals surface area (Å²) in [4.78, 5) is 6.93. The molecular weight excluding hydrogens is 264 g/mol. The van der Waals surface area contributed by atoms with Crippen LogP contribution in [0.4, 0.5) is 0 Å². The van der Waals surface area contributed by atoms with E-state index in [1.54, 1.807) is 0 Å². The first kappa shape index (κ1) is 14.1. The number of nitrogens with zero attached hydrogens (tertiary/aromatic N) is 3. The molecule has 1 N–H and O–H groups in total. The van der Waals surface area contributed by atoms with Gasteiger partial charge in [0.15, 0.2) is 0 Å². The van der Waals surface area contributed by atoms with Gasteiger partial charge >= 0.3 is 0 Å². The Morgan fingerprint density at radius 1 is 1.33 bits per heavy atom. The highest BCUT2D eigenvalue weighted by atomic mass is 16.5. The van der Waals surface area contributed by atoms with E-state index < -0.39 is 0 Å². The molecule has 1 fully saturated rings. The summed E-state index contributed by atoms with van der Waals surface area (Å²) in [6, 6.07) is 10.5. The van der Waals surface area contributed by atoms with Gasteiger partial charge in [-0.1, -0.05) is 25.1 Å². The molecule has 0 unspecified atom stereocenters. The summed E-state index contributed by atoms with van der Waals surface area (Å²) in [5.41, 5.74) is 0. The number of aromatic amines is 1. The molecule has 2 heterocycles. The van der Waals surface area contributed by atoms with Gasteiger partial charge in [-0.25, -0.2) is 4.98 Å². The van der Waals surface area contributed by atoms with Crippen molar-refractivity contribution in [1.29, 1.82) is 0 Å². The van der Waals surface area contributed by atoms with Crippen LogP contribution in [0.5, 0.6) is 5.75 Å². The molecule has 0 aliphatic carbocycles. The number of para-hydroxylation sites is 1. The predicted octanol–water partition coefficient (Wildman–Crippen LogP) is 2.41. The molecule has 5 heteroatoms. The molecular formula is C16H22N4O. The number of aryl methyl sites for hydroxylation is 1. The maximum absolute atomic E-state index is 5.90. The molecule has 112 valence electrons. The standard InChI is InChI=1S/C16H22N4O/c1-2-15-17-16(19-18-15)11-20-10-6-7-13(20)12-21-14-8-4-3-5-9-14/h3-5,8-9,13H,2,6-7,10-12H2,1H3,(H,17,18,19)/t13-/m0/s1. The summed E-state index contributed by atoms with van der Waals surface area (Å²) in [5, 5.41) is 7.24. The number of likely N-dealkylation sites (tertiary alicyclic amines) is 1. The lowest BCUT2D eigenvalue weighted by atomic mass is 10.2. The number of hydrogen-bond acceptors (Lipinski definition) is 4. The van der Waals surface area contributed by atoms with Gasteiger partial charge in [-0.05, 0) is 31.5 Å². The van der Waals surface area contributed by atoms with Gasteiger partial charge < -0.3 is 4.74 Å². The third kappa shape index (κ3) is 3.61. The predicted molar refractivity (Wildman–Crippen MR) is 81.1 cm³/mol. The molecule has 5 nitrogen and oxygen atoms in total. The number of hydrogen-bond donors (Lipinski definition) is 1. The van der Waals surface area contributed by atoms with Gasteiger partial charge in [-0.3, -0.25) is 10.00 Å². The van der Waals surface area contributed by atoms with E-state index in [4.69, 9.17) is 4.74 Å². The Labute approximate surface area is 125 Å². The topological polar surface area (TPSA) is 54.0 Å². The van der Waals surface area contributed by atoms with E-state index in [0.717, 1.165) is 43.5 Å². The maximum atomic E-state index is 5.90. The van der Waals surface area contributed by atoms with Crippen molar-refractivity contribution in [2.24, 2.45) is 0 Å². The maximum Gasteiger partial charge on any atom is 0.150 e. The lowest BCUT2D eigenvalue weighted by Crippen LogP contribution is -2.34. The minimum atomic E-state index is 0.459. The van der Waals surface area contributed by atoms with Crippen LogP contribution in [0.15, 0.2) is 30.3 Å². The van der Waals surface area contributed by atoms with Gasteiger partial charge in [0.05, 0.1) is 6.54 Å². The number of ether oxygens (including phenoxy) is 1. The molecule has 1 atom stereocenters. The zero-order valence-corrected chi connectivity index (χ0v) is 12.5. The van der Waals surface area contributed by atoms with Crippen LogP contribution >= 0.6 is 0 Å².